The van der Waals surface area contributed by atoms with Crippen LogP contribution in [0.1, 0.15) is 36.5 Å². The predicted molar refractivity (Wildman–Crippen MR) is 124 cm³/mol. The highest BCUT2D eigenvalue weighted by Crippen LogP contribution is 2.27. The number of amides is 1. The number of nitrogens with one attached hydrogen (secondary N) is 1. The predicted octanol–water partition coefficient (Wildman–Crippen LogP) is 3.19. The van der Waals surface area contributed by atoms with Gasteiger partial charge in [0.15, 0.2) is 0 Å². The lowest BCUT2D eigenvalue weighted by molar-refractivity contribution is -0.147. The lowest BCUT2D eigenvalue weighted by Crippen LogP contribution is -2.44. The van der Waals surface area contributed by atoms with Gasteiger partial charge in [-0.15, -0.1) is 0 Å². The molecule has 1 aliphatic rings. The molecule has 0 aliphatic carbocycles. The molecule has 2 heterocycles. The average molecular weight is 437 g/mol. The Balaban J connectivity index is 1.65. The molecule has 170 valence electrons. The summed E-state index contributed by atoms with van der Waals surface area (Å²) in [6.45, 7) is 7.33. The number of benzene rings is 1. The Hall–Kier alpha value is -3.35. The van der Waals surface area contributed by atoms with E-state index in [0.29, 0.717) is 17.8 Å². The number of nitrogens with two attached hydrogens (primary N) is 1. The second-order valence-corrected chi connectivity index (χ2v) is 8.39. The summed E-state index contributed by atoms with van der Waals surface area (Å²) in [6.07, 6.45) is 6.10. The SMILES string of the molecule is C=C(N)N1CCCC(C[C@@H](C(=O)OC)[C@@H](C)NC(=O)c2ccc(-c3ccncc3)cc2)C1. The van der Waals surface area contributed by atoms with Gasteiger partial charge >= 0.3 is 5.97 Å². The maximum absolute atomic E-state index is 12.8. The lowest BCUT2D eigenvalue weighted by atomic mass is 9.85. The molecule has 1 aliphatic heterocycles. The van der Waals surface area contributed by atoms with Crippen molar-refractivity contribution in [1.29, 1.82) is 0 Å². The smallest absolute Gasteiger partial charge is 0.310 e. The normalized spacial score (nSPS) is 17.8. The highest BCUT2D eigenvalue weighted by atomic mass is 16.5. The van der Waals surface area contributed by atoms with Crippen LogP contribution in [-0.4, -0.2) is 48.0 Å². The molecule has 7 nitrogen and oxygen atoms in total. The fourth-order valence-electron chi connectivity index (χ4n) is 4.28. The third-order valence-corrected chi connectivity index (χ3v) is 6.14. The molecule has 3 rings (SSSR count). The van der Waals surface area contributed by atoms with Crippen LogP contribution < -0.4 is 11.1 Å². The molecule has 1 fully saturated rings. The quantitative estimate of drug-likeness (QED) is 0.617. The van der Waals surface area contributed by atoms with Gasteiger partial charge in [0, 0.05) is 37.1 Å². The number of rotatable bonds is 8. The first-order chi connectivity index (χ1) is 15.4. The molecular weight excluding hydrogens is 404 g/mol. The van der Waals surface area contributed by atoms with Gasteiger partial charge in [0.2, 0.25) is 0 Å². The number of piperidine rings is 1. The van der Waals surface area contributed by atoms with E-state index in [1.165, 1.54) is 7.11 Å². The number of hydrogen-bond donors (Lipinski definition) is 2. The minimum absolute atomic E-state index is 0.215. The van der Waals surface area contributed by atoms with Crippen LogP contribution in [0.25, 0.3) is 11.1 Å². The number of methoxy groups -OCH3 is 1. The van der Waals surface area contributed by atoms with E-state index in [0.717, 1.165) is 37.1 Å². The van der Waals surface area contributed by atoms with Gasteiger partial charge in [-0.1, -0.05) is 18.7 Å². The number of likely N-dealkylation sites (tertiary alicyclic amines) is 1. The van der Waals surface area contributed by atoms with Gasteiger partial charge in [0.25, 0.3) is 5.91 Å². The van der Waals surface area contributed by atoms with Crippen LogP contribution in [0, 0.1) is 11.8 Å². The molecule has 1 aromatic heterocycles. The first-order valence-corrected chi connectivity index (χ1v) is 11.0. The maximum Gasteiger partial charge on any atom is 0.310 e. The first kappa shape index (κ1) is 23.3. The van der Waals surface area contributed by atoms with Crippen LogP contribution in [0.5, 0.6) is 0 Å². The number of esters is 1. The number of ether oxygens (including phenoxy) is 1. The van der Waals surface area contributed by atoms with Gasteiger partial charge in [-0.2, -0.15) is 0 Å². The molecular formula is C25H32N4O3. The molecule has 1 aromatic carbocycles. The minimum atomic E-state index is -0.434. The van der Waals surface area contributed by atoms with Crippen molar-refractivity contribution in [1.82, 2.24) is 15.2 Å². The van der Waals surface area contributed by atoms with E-state index in [1.54, 1.807) is 24.5 Å². The van der Waals surface area contributed by atoms with Crippen LogP contribution >= 0.6 is 0 Å². The van der Waals surface area contributed by atoms with Crippen LogP contribution in [0.2, 0.25) is 0 Å². The molecule has 0 spiro atoms. The molecule has 2 aromatic rings. The van der Waals surface area contributed by atoms with Gasteiger partial charge in [0.05, 0.1) is 18.8 Å². The number of carbonyl (C=O) groups is 2. The van der Waals surface area contributed by atoms with Crippen LogP contribution in [0.3, 0.4) is 0 Å². The molecule has 7 heteroatoms. The van der Waals surface area contributed by atoms with E-state index in [1.807, 2.05) is 31.2 Å². The molecule has 1 unspecified atom stereocenters. The number of aromatic nitrogens is 1. The van der Waals surface area contributed by atoms with Gasteiger partial charge in [-0.3, -0.25) is 14.6 Å². The monoisotopic (exact) mass is 436 g/mol. The number of hydrogen-bond acceptors (Lipinski definition) is 6. The van der Waals surface area contributed by atoms with Crippen molar-refractivity contribution in [2.75, 3.05) is 20.2 Å². The summed E-state index contributed by atoms with van der Waals surface area (Å²) < 4.78 is 5.05. The topological polar surface area (TPSA) is 97.5 Å². The van der Waals surface area contributed by atoms with Crippen molar-refractivity contribution in [3.05, 3.63) is 66.8 Å². The summed E-state index contributed by atoms with van der Waals surface area (Å²) in [5, 5.41) is 2.99. The van der Waals surface area contributed by atoms with Crippen molar-refractivity contribution in [2.24, 2.45) is 17.6 Å². The average Bonchev–Trinajstić information content (AvgIpc) is 2.82. The summed E-state index contributed by atoms with van der Waals surface area (Å²) in [6, 6.07) is 10.9. The summed E-state index contributed by atoms with van der Waals surface area (Å²) in [5.41, 5.74) is 8.45. The lowest BCUT2D eigenvalue weighted by Gasteiger charge is -2.36. The molecule has 32 heavy (non-hydrogen) atoms. The maximum atomic E-state index is 12.8. The Morgan fingerprint density at radius 2 is 1.88 bits per heavy atom. The Labute approximate surface area is 189 Å². The van der Waals surface area contributed by atoms with E-state index in [-0.39, 0.29) is 23.8 Å². The number of nitrogens with zero attached hydrogens (tertiary/aromatic N) is 2. The minimum Gasteiger partial charge on any atom is -0.469 e. The highest BCUT2D eigenvalue weighted by molar-refractivity contribution is 5.95. The molecule has 0 radical (unpaired) electrons. The Bertz CT molecular complexity index is 930. The van der Waals surface area contributed by atoms with Crippen molar-refractivity contribution in [3.8, 4) is 11.1 Å². The zero-order valence-corrected chi connectivity index (χ0v) is 18.8. The van der Waals surface area contributed by atoms with Gasteiger partial charge in [0.1, 0.15) is 0 Å². The van der Waals surface area contributed by atoms with Crippen molar-refractivity contribution in [2.45, 2.75) is 32.2 Å². The number of carbonyl (C=O) groups excluding carboxylic acids is 2. The zero-order chi connectivity index (χ0) is 23.1. The molecule has 1 amide bonds. The molecule has 0 bridgehead atoms. The van der Waals surface area contributed by atoms with E-state index in [9.17, 15) is 9.59 Å². The second kappa shape index (κ2) is 10.8. The van der Waals surface area contributed by atoms with Crippen LogP contribution in [0.4, 0.5) is 0 Å². The Morgan fingerprint density at radius 3 is 2.50 bits per heavy atom. The van der Waals surface area contributed by atoms with Crippen molar-refractivity contribution < 1.29 is 14.3 Å². The van der Waals surface area contributed by atoms with E-state index in [4.69, 9.17) is 10.5 Å². The fraction of sp³-hybridized carbons (Fsp3) is 0.400. The standard InChI is InChI=1S/C25H32N4O3/c1-17(23(25(31)32-3)15-19-5-4-14-29(16-19)18(2)26)28-24(30)22-8-6-20(7-9-22)21-10-12-27-13-11-21/h6-13,17,19,23H,2,4-5,14-16,26H2,1,3H3,(H,28,30)/t17-,19?,23-/m1/s1. The van der Waals surface area contributed by atoms with Crippen molar-refractivity contribution in [3.63, 3.8) is 0 Å². The second-order valence-electron chi connectivity index (χ2n) is 8.39. The van der Waals surface area contributed by atoms with Crippen LogP contribution in [0.15, 0.2) is 61.2 Å². The molecule has 0 saturated carbocycles. The van der Waals surface area contributed by atoms with Gasteiger partial charge in [-0.25, -0.2) is 0 Å². The zero-order valence-electron chi connectivity index (χ0n) is 18.8. The fourth-order valence-corrected chi connectivity index (χ4v) is 4.28. The summed E-state index contributed by atoms with van der Waals surface area (Å²) in [7, 11) is 1.39. The third kappa shape index (κ3) is 5.87. The largest absolute Gasteiger partial charge is 0.469 e. The van der Waals surface area contributed by atoms with Gasteiger partial charge < -0.3 is 20.7 Å². The molecule has 3 N–H and O–H groups in total. The molecule has 1 saturated heterocycles. The van der Waals surface area contributed by atoms with E-state index >= 15 is 0 Å². The van der Waals surface area contributed by atoms with Crippen LogP contribution in [-0.2, 0) is 9.53 Å². The molecule has 3 atom stereocenters. The first-order valence-electron chi connectivity index (χ1n) is 11.0. The Kier molecular flexibility index (Phi) is 7.87. The highest BCUT2D eigenvalue weighted by Gasteiger charge is 2.32. The Morgan fingerprint density at radius 1 is 1.22 bits per heavy atom. The summed E-state index contributed by atoms with van der Waals surface area (Å²) >= 11 is 0. The van der Waals surface area contributed by atoms with Gasteiger partial charge in [-0.05, 0) is 67.5 Å². The third-order valence-electron chi connectivity index (χ3n) is 6.14. The van der Waals surface area contributed by atoms with Crippen molar-refractivity contribution >= 4 is 11.9 Å². The number of pyridine rings is 1. The summed E-state index contributed by atoms with van der Waals surface area (Å²) in [4.78, 5) is 31.4. The summed E-state index contributed by atoms with van der Waals surface area (Å²) in [5.74, 6) is -0.119. The van der Waals surface area contributed by atoms with E-state index < -0.39 is 5.92 Å². The van der Waals surface area contributed by atoms with E-state index in [2.05, 4.69) is 21.8 Å².